The van der Waals surface area contributed by atoms with Gasteiger partial charge in [-0.25, -0.2) is 0 Å². The fourth-order valence-electron chi connectivity index (χ4n) is 1.26. The van der Waals surface area contributed by atoms with Gasteiger partial charge >= 0.3 is 0 Å². The number of nitrogens with two attached hydrogens (primary N) is 1. The highest BCUT2D eigenvalue weighted by molar-refractivity contribution is 6.31. The molecule has 3 N–H and O–H groups in total. The molecular formula is C11H16ClNO. The molecule has 14 heavy (non-hydrogen) atoms. The predicted octanol–water partition coefficient (Wildman–Crippen LogP) is 2.42. The molecule has 0 spiro atoms. The van der Waals surface area contributed by atoms with Crippen LogP contribution in [0.25, 0.3) is 0 Å². The van der Waals surface area contributed by atoms with Gasteiger partial charge in [0, 0.05) is 11.1 Å². The Morgan fingerprint density at radius 1 is 1.50 bits per heavy atom. The van der Waals surface area contributed by atoms with Crippen LogP contribution in [0.3, 0.4) is 0 Å². The average Bonchev–Trinajstić information content (AvgIpc) is 2.20. The molecule has 2 atom stereocenters. The summed E-state index contributed by atoms with van der Waals surface area (Å²) < 4.78 is 0. The van der Waals surface area contributed by atoms with Crippen LogP contribution in [0.2, 0.25) is 5.02 Å². The molecule has 0 saturated carbocycles. The first-order valence-corrected chi connectivity index (χ1v) is 5.13. The van der Waals surface area contributed by atoms with Crippen LogP contribution in [0.5, 0.6) is 0 Å². The lowest BCUT2D eigenvalue weighted by Crippen LogP contribution is -2.27. The Bertz CT molecular complexity index is 314. The molecule has 0 saturated heterocycles. The standard InChI is InChI=1S/C11H16ClNO/c1-3-10(13)11(14)8-5-4-7(2)9(12)6-8/h4-6,10-11,14H,3,13H2,1-2H3. The largest absolute Gasteiger partial charge is 0.387 e. The molecule has 0 amide bonds. The lowest BCUT2D eigenvalue weighted by atomic mass is 10.0. The van der Waals surface area contributed by atoms with Gasteiger partial charge in [-0.1, -0.05) is 30.7 Å². The van der Waals surface area contributed by atoms with Crippen LogP contribution in [0.1, 0.15) is 30.6 Å². The second kappa shape index (κ2) is 4.78. The van der Waals surface area contributed by atoms with E-state index in [2.05, 4.69) is 0 Å². The van der Waals surface area contributed by atoms with E-state index in [1.165, 1.54) is 0 Å². The van der Waals surface area contributed by atoms with Crippen LogP contribution in [0.15, 0.2) is 18.2 Å². The Morgan fingerprint density at radius 2 is 2.14 bits per heavy atom. The van der Waals surface area contributed by atoms with Gasteiger partial charge in [0.1, 0.15) is 0 Å². The number of benzene rings is 1. The minimum absolute atomic E-state index is 0.228. The van der Waals surface area contributed by atoms with Gasteiger partial charge in [-0.3, -0.25) is 0 Å². The molecule has 0 aromatic heterocycles. The highest BCUT2D eigenvalue weighted by Crippen LogP contribution is 2.23. The molecule has 1 aromatic carbocycles. The van der Waals surface area contributed by atoms with E-state index in [9.17, 15) is 5.11 Å². The van der Waals surface area contributed by atoms with Gasteiger partial charge in [-0.05, 0) is 30.5 Å². The molecule has 0 aliphatic carbocycles. The first-order chi connectivity index (χ1) is 6.56. The summed E-state index contributed by atoms with van der Waals surface area (Å²) in [5.74, 6) is 0. The second-order valence-electron chi connectivity index (χ2n) is 3.53. The van der Waals surface area contributed by atoms with Crippen LogP contribution < -0.4 is 5.73 Å². The summed E-state index contributed by atoms with van der Waals surface area (Å²) >= 11 is 5.95. The molecule has 0 aliphatic rings. The monoisotopic (exact) mass is 213 g/mol. The third-order valence-corrected chi connectivity index (χ3v) is 2.82. The topological polar surface area (TPSA) is 46.2 Å². The number of rotatable bonds is 3. The lowest BCUT2D eigenvalue weighted by Gasteiger charge is -2.17. The molecule has 2 nitrogen and oxygen atoms in total. The van der Waals surface area contributed by atoms with Crippen molar-refractivity contribution < 1.29 is 5.11 Å². The van der Waals surface area contributed by atoms with Crippen molar-refractivity contribution in [2.45, 2.75) is 32.4 Å². The van der Waals surface area contributed by atoms with Crippen LogP contribution in [-0.4, -0.2) is 11.1 Å². The molecule has 1 aromatic rings. The Morgan fingerprint density at radius 3 is 2.64 bits per heavy atom. The number of aliphatic hydroxyl groups excluding tert-OH is 1. The van der Waals surface area contributed by atoms with Gasteiger partial charge in [0.25, 0.3) is 0 Å². The summed E-state index contributed by atoms with van der Waals surface area (Å²) in [6.07, 6.45) is 0.116. The van der Waals surface area contributed by atoms with Gasteiger partial charge in [0.05, 0.1) is 6.10 Å². The van der Waals surface area contributed by atoms with Gasteiger partial charge in [-0.2, -0.15) is 0 Å². The van der Waals surface area contributed by atoms with Crippen molar-refractivity contribution in [2.24, 2.45) is 5.73 Å². The number of halogens is 1. The van der Waals surface area contributed by atoms with Crippen molar-refractivity contribution in [2.75, 3.05) is 0 Å². The van der Waals surface area contributed by atoms with Crippen LogP contribution >= 0.6 is 11.6 Å². The van der Waals surface area contributed by atoms with Crippen molar-refractivity contribution in [1.82, 2.24) is 0 Å². The van der Waals surface area contributed by atoms with Crippen molar-refractivity contribution in [3.05, 3.63) is 34.3 Å². The Balaban J connectivity index is 2.91. The maximum atomic E-state index is 9.82. The second-order valence-corrected chi connectivity index (χ2v) is 3.93. The molecular weight excluding hydrogens is 198 g/mol. The lowest BCUT2D eigenvalue weighted by molar-refractivity contribution is 0.144. The first-order valence-electron chi connectivity index (χ1n) is 4.76. The van der Waals surface area contributed by atoms with E-state index in [1.54, 1.807) is 6.07 Å². The highest BCUT2D eigenvalue weighted by Gasteiger charge is 2.15. The Labute approximate surface area is 89.7 Å². The third kappa shape index (κ3) is 2.47. The maximum Gasteiger partial charge on any atom is 0.0941 e. The number of hydrogen-bond donors (Lipinski definition) is 2. The van der Waals surface area contributed by atoms with Gasteiger partial charge in [0.2, 0.25) is 0 Å². The van der Waals surface area contributed by atoms with E-state index < -0.39 is 6.10 Å². The summed E-state index contributed by atoms with van der Waals surface area (Å²) in [7, 11) is 0. The van der Waals surface area contributed by atoms with E-state index in [4.69, 9.17) is 17.3 Å². The van der Waals surface area contributed by atoms with Gasteiger partial charge in [-0.15, -0.1) is 0 Å². The Hall–Kier alpha value is -0.570. The zero-order valence-corrected chi connectivity index (χ0v) is 9.25. The van der Waals surface area contributed by atoms with E-state index in [1.807, 2.05) is 26.0 Å². The quantitative estimate of drug-likeness (QED) is 0.810. The fraction of sp³-hybridized carbons (Fsp3) is 0.455. The summed E-state index contributed by atoms with van der Waals surface area (Å²) in [6.45, 7) is 3.88. The van der Waals surface area contributed by atoms with Gasteiger partial charge in [0.15, 0.2) is 0 Å². The van der Waals surface area contributed by atoms with E-state index in [0.29, 0.717) is 5.02 Å². The molecule has 0 radical (unpaired) electrons. The normalized spacial score (nSPS) is 15.2. The minimum Gasteiger partial charge on any atom is -0.387 e. The van der Waals surface area contributed by atoms with Crippen LogP contribution in [-0.2, 0) is 0 Å². The summed E-state index contributed by atoms with van der Waals surface area (Å²) in [4.78, 5) is 0. The summed E-state index contributed by atoms with van der Waals surface area (Å²) in [5.41, 5.74) is 7.54. The Kier molecular flexibility index (Phi) is 3.93. The zero-order chi connectivity index (χ0) is 10.7. The highest BCUT2D eigenvalue weighted by atomic mass is 35.5. The molecule has 0 heterocycles. The molecule has 3 heteroatoms. The average molecular weight is 214 g/mol. The van der Waals surface area contributed by atoms with Crippen LogP contribution in [0, 0.1) is 6.92 Å². The number of hydrogen-bond acceptors (Lipinski definition) is 2. The molecule has 0 aliphatic heterocycles. The fourth-order valence-corrected chi connectivity index (χ4v) is 1.45. The van der Waals surface area contributed by atoms with Crippen molar-refractivity contribution >= 4 is 11.6 Å². The number of aliphatic hydroxyl groups is 1. The molecule has 1 rings (SSSR count). The predicted molar refractivity (Wildman–Crippen MR) is 59.4 cm³/mol. The SMILES string of the molecule is CCC(N)C(O)c1ccc(C)c(Cl)c1. The summed E-state index contributed by atoms with van der Waals surface area (Å²) in [5, 5.41) is 10.5. The van der Waals surface area contributed by atoms with E-state index in [0.717, 1.165) is 17.5 Å². The van der Waals surface area contributed by atoms with Crippen LogP contribution in [0.4, 0.5) is 0 Å². The van der Waals surface area contributed by atoms with Crippen molar-refractivity contribution in [3.8, 4) is 0 Å². The smallest absolute Gasteiger partial charge is 0.0941 e. The number of aryl methyl sites for hydroxylation is 1. The third-order valence-electron chi connectivity index (χ3n) is 2.41. The van der Waals surface area contributed by atoms with E-state index >= 15 is 0 Å². The van der Waals surface area contributed by atoms with Crippen molar-refractivity contribution in [1.29, 1.82) is 0 Å². The zero-order valence-electron chi connectivity index (χ0n) is 8.50. The molecule has 2 unspecified atom stereocenters. The molecule has 78 valence electrons. The van der Waals surface area contributed by atoms with Crippen molar-refractivity contribution in [3.63, 3.8) is 0 Å². The minimum atomic E-state index is -0.627. The molecule has 0 fully saturated rings. The van der Waals surface area contributed by atoms with Gasteiger partial charge < -0.3 is 10.8 Å². The maximum absolute atomic E-state index is 9.82. The van der Waals surface area contributed by atoms with E-state index in [-0.39, 0.29) is 6.04 Å². The summed E-state index contributed by atoms with van der Waals surface area (Å²) in [6, 6.07) is 5.30. The first kappa shape index (κ1) is 11.5. The molecule has 0 bridgehead atoms.